The van der Waals surface area contributed by atoms with Crippen LogP contribution in [0.5, 0.6) is 5.75 Å². The lowest BCUT2D eigenvalue weighted by atomic mass is 9.65. The first-order chi connectivity index (χ1) is 8.28. The average molecular weight is 228 g/mol. The Morgan fingerprint density at radius 1 is 1.00 bits per heavy atom. The number of benzene rings is 2. The van der Waals surface area contributed by atoms with Gasteiger partial charge in [0, 0.05) is 0 Å². The quantitative estimate of drug-likeness (QED) is 0.728. The molecule has 0 saturated heterocycles. The second kappa shape index (κ2) is 5.53. The molecule has 86 valence electrons. The van der Waals surface area contributed by atoms with E-state index in [1.165, 1.54) is 17.7 Å². The highest BCUT2D eigenvalue weighted by Gasteiger charge is 1.99. The number of methoxy groups -OCH3 is 1. The van der Waals surface area contributed by atoms with Crippen molar-refractivity contribution in [3.8, 4) is 5.75 Å². The first kappa shape index (κ1) is 11.7. The monoisotopic (exact) mass is 228 g/mol. The van der Waals surface area contributed by atoms with Crippen LogP contribution >= 0.6 is 0 Å². The number of halogens is 1. The Hall–Kier alpha value is -1.77. The van der Waals surface area contributed by atoms with Crippen molar-refractivity contribution in [2.24, 2.45) is 0 Å². The third-order valence-electron chi connectivity index (χ3n) is 2.77. The molecule has 0 amide bonds. The van der Waals surface area contributed by atoms with E-state index < -0.39 is 0 Å². The molecule has 0 spiro atoms. The molecule has 2 rings (SSSR count). The topological polar surface area (TPSA) is 9.23 Å². The van der Waals surface area contributed by atoms with Gasteiger partial charge in [-0.25, -0.2) is 4.39 Å². The predicted octanol–water partition coefficient (Wildman–Crippen LogP) is 2.10. The summed E-state index contributed by atoms with van der Waals surface area (Å²) in [4.78, 5) is 0. The normalized spacial score (nSPS) is 10.0. The van der Waals surface area contributed by atoms with Crippen LogP contribution in [0, 0.1) is 5.82 Å². The van der Waals surface area contributed by atoms with Crippen LogP contribution in [0.1, 0.15) is 5.56 Å². The number of ether oxygens (including phenoxy) is 1. The first-order valence-electron chi connectivity index (χ1n) is 5.65. The molecular weight excluding hydrogens is 214 g/mol. The van der Waals surface area contributed by atoms with Gasteiger partial charge in [-0.3, -0.25) is 0 Å². The average Bonchev–Trinajstić information content (AvgIpc) is 2.39. The summed E-state index contributed by atoms with van der Waals surface area (Å²) in [5, 5.41) is 0. The minimum Gasteiger partial charge on any atom is -0.497 e. The van der Waals surface area contributed by atoms with Crippen LogP contribution in [-0.2, 0) is 6.32 Å². The van der Waals surface area contributed by atoms with Crippen LogP contribution in [0.4, 0.5) is 4.39 Å². The zero-order valence-electron chi connectivity index (χ0n) is 9.82. The van der Waals surface area contributed by atoms with Crippen LogP contribution in [0.3, 0.4) is 0 Å². The molecule has 0 aliphatic rings. The molecule has 0 aliphatic heterocycles. The Balaban J connectivity index is 1.95. The fourth-order valence-electron chi connectivity index (χ4n) is 1.73. The van der Waals surface area contributed by atoms with Crippen molar-refractivity contribution in [2.75, 3.05) is 7.11 Å². The zero-order chi connectivity index (χ0) is 12.1. The fourth-order valence-corrected chi connectivity index (χ4v) is 1.73. The molecule has 2 aromatic carbocycles. The maximum Gasteiger partial charge on any atom is 0.162 e. The van der Waals surface area contributed by atoms with Crippen molar-refractivity contribution in [2.45, 2.75) is 6.32 Å². The molecule has 2 aromatic rings. The maximum absolute atomic E-state index is 12.7. The van der Waals surface area contributed by atoms with Gasteiger partial charge in [0.15, 0.2) is 7.28 Å². The van der Waals surface area contributed by atoms with Gasteiger partial charge in [-0.1, -0.05) is 35.3 Å². The lowest BCUT2D eigenvalue weighted by Gasteiger charge is -2.03. The molecule has 0 saturated carbocycles. The van der Waals surface area contributed by atoms with Crippen molar-refractivity contribution < 1.29 is 9.13 Å². The summed E-state index contributed by atoms with van der Waals surface area (Å²) >= 11 is 0. The van der Waals surface area contributed by atoms with Gasteiger partial charge in [-0.05, 0) is 30.6 Å². The van der Waals surface area contributed by atoms with Crippen LogP contribution < -0.4 is 10.2 Å². The zero-order valence-corrected chi connectivity index (χ0v) is 9.82. The molecule has 1 nitrogen and oxygen atoms in total. The van der Waals surface area contributed by atoms with Gasteiger partial charge in [-0.15, -0.1) is 0 Å². The third-order valence-corrected chi connectivity index (χ3v) is 2.77. The SMILES string of the molecule is COc1ccc(CBc2ccc(F)cc2)cc1. The summed E-state index contributed by atoms with van der Waals surface area (Å²) in [6.07, 6.45) is 0.954. The van der Waals surface area contributed by atoms with Crippen molar-refractivity contribution in [3.63, 3.8) is 0 Å². The van der Waals surface area contributed by atoms with E-state index in [2.05, 4.69) is 12.1 Å². The minimum absolute atomic E-state index is 0.182. The van der Waals surface area contributed by atoms with E-state index in [0.29, 0.717) is 0 Å². The Morgan fingerprint density at radius 3 is 2.24 bits per heavy atom. The smallest absolute Gasteiger partial charge is 0.162 e. The Bertz CT molecular complexity index is 465. The summed E-state index contributed by atoms with van der Waals surface area (Å²) < 4.78 is 17.8. The molecule has 0 aliphatic carbocycles. The molecule has 0 atom stereocenters. The summed E-state index contributed by atoms with van der Waals surface area (Å²) in [6, 6.07) is 14.7. The van der Waals surface area contributed by atoms with Crippen molar-refractivity contribution >= 4 is 12.7 Å². The van der Waals surface area contributed by atoms with E-state index in [1.807, 2.05) is 24.3 Å². The minimum atomic E-state index is -0.182. The summed E-state index contributed by atoms with van der Waals surface area (Å²) in [5.74, 6) is 0.689. The highest BCUT2D eigenvalue weighted by molar-refractivity contribution is 6.52. The van der Waals surface area contributed by atoms with Gasteiger partial charge in [-0.2, -0.15) is 0 Å². The van der Waals surface area contributed by atoms with Crippen LogP contribution in [0.2, 0.25) is 0 Å². The van der Waals surface area contributed by atoms with E-state index in [0.717, 1.165) is 24.8 Å². The highest BCUT2D eigenvalue weighted by Crippen LogP contribution is 2.11. The van der Waals surface area contributed by atoms with Crippen molar-refractivity contribution in [3.05, 3.63) is 59.9 Å². The number of hydrogen-bond donors (Lipinski definition) is 0. The second-order valence-electron chi connectivity index (χ2n) is 3.97. The van der Waals surface area contributed by atoms with Crippen molar-refractivity contribution in [1.29, 1.82) is 0 Å². The number of hydrogen-bond acceptors (Lipinski definition) is 1. The van der Waals surface area contributed by atoms with E-state index >= 15 is 0 Å². The first-order valence-corrected chi connectivity index (χ1v) is 5.65. The molecule has 0 aromatic heterocycles. The highest BCUT2D eigenvalue weighted by atomic mass is 19.1. The molecule has 0 bridgehead atoms. The Labute approximate surface area is 101 Å². The molecule has 0 fully saturated rings. The standard InChI is InChI=1S/C14H14BFO/c1-17-14-8-2-11(3-9-14)10-15-12-4-6-13(16)7-5-12/h2-9,15H,10H2,1H3. The third kappa shape index (κ3) is 3.35. The molecule has 0 N–H and O–H groups in total. The van der Waals surface area contributed by atoms with Crippen LogP contribution in [-0.4, -0.2) is 14.4 Å². The lowest BCUT2D eigenvalue weighted by molar-refractivity contribution is 0.414. The van der Waals surface area contributed by atoms with Gasteiger partial charge in [0.25, 0.3) is 0 Å². The summed E-state index contributed by atoms with van der Waals surface area (Å²) in [6.45, 7) is 0. The number of rotatable bonds is 4. The van der Waals surface area contributed by atoms with Crippen LogP contribution in [0.25, 0.3) is 0 Å². The van der Waals surface area contributed by atoms with Gasteiger partial charge in [0.1, 0.15) is 11.6 Å². The summed E-state index contributed by atoms with van der Waals surface area (Å²) in [5.41, 5.74) is 2.41. The van der Waals surface area contributed by atoms with Gasteiger partial charge >= 0.3 is 0 Å². The fraction of sp³-hybridized carbons (Fsp3) is 0.143. The van der Waals surface area contributed by atoms with E-state index in [4.69, 9.17) is 4.74 Å². The Kier molecular flexibility index (Phi) is 3.81. The largest absolute Gasteiger partial charge is 0.497 e. The van der Waals surface area contributed by atoms with Crippen molar-refractivity contribution in [1.82, 2.24) is 0 Å². The predicted molar refractivity (Wildman–Crippen MR) is 69.9 cm³/mol. The van der Waals surface area contributed by atoms with E-state index in [1.54, 1.807) is 7.11 Å². The van der Waals surface area contributed by atoms with E-state index in [9.17, 15) is 4.39 Å². The second-order valence-corrected chi connectivity index (χ2v) is 3.97. The maximum atomic E-state index is 12.7. The van der Waals surface area contributed by atoms with Gasteiger partial charge in [0.05, 0.1) is 7.11 Å². The molecule has 0 heterocycles. The summed E-state index contributed by atoms with van der Waals surface area (Å²) in [7, 11) is 2.58. The van der Waals surface area contributed by atoms with Crippen LogP contribution in [0.15, 0.2) is 48.5 Å². The lowest BCUT2D eigenvalue weighted by Crippen LogP contribution is -2.16. The Morgan fingerprint density at radius 2 is 1.65 bits per heavy atom. The van der Waals surface area contributed by atoms with Gasteiger partial charge < -0.3 is 4.74 Å². The molecule has 0 unspecified atom stereocenters. The van der Waals surface area contributed by atoms with Gasteiger partial charge in [0.2, 0.25) is 0 Å². The molecule has 0 radical (unpaired) electrons. The van der Waals surface area contributed by atoms with E-state index in [-0.39, 0.29) is 5.82 Å². The molecular formula is C14H14BFO. The molecule has 3 heteroatoms. The molecule has 17 heavy (non-hydrogen) atoms.